The molecule has 60 valence electrons. The molecule has 2 nitrogen and oxygen atoms in total. The Bertz CT molecular complexity index is 116. The van der Waals surface area contributed by atoms with Gasteiger partial charge in [-0.3, -0.25) is 0 Å². The normalized spacial score (nSPS) is 16.4. The molecule has 0 rings (SSSR count). The zero-order valence-electron chi connectivity index (χ0n) is 6.98. The first-order valence-electron chi connectivity index (χ1n) is 3.38. The fourth-order valence-electron chi connectivity index (χ4n) is 0.514. The van der Waals surface area contributed by atoms with E-state index in [2.05, 4.69) is 6.58 Å². The van der Waals surface area contributed by atoms with E-state index in [0.29, 0.717) is 13.0 Å². The van der Waals surface area contributed by atoms with Crippen LogP contribution >= 0.6 is 0 Å². The highest BCUT2D eigenvalue weighted by Gasteiger charge is 2.19. The summed E-state index contributed by atoms with van der Waals surface area (Å²) in [6, 6.07) is 0. The van der Waals surface area contributed by atoms with Crippen molar-refractivity contribution in [2.24, 2.45) is 0 Å². The molecule has 0 aromatic heterocycles. The Hall–Kier alpha value is -0.340. The Morgan fingerprint density at radius 1 is 1.70 bits per heavy atom. The van der Waals surface area contributed by atoms with Crippen LogP contribution in [-0.4, -0.2) is 24.4 Å². The number of aliphatic hydroxyl groups is 1. The van der Waals surface area contributed by atoms with Crippen LogP contribution in [0.1, 0.15) is 20.3 Å². The van der Waals surface area contributed by atoms with Gasteiger partial charge in [-0.2, -0.15) is 0 Å². The average Bonchev–Trinajstić information content (AvgIpc) is 1.84. The molecule has 0 aliphatic carbocycles. The third-order valence-electron chi connectivity index (χ3n) is 1.71. The lowest BCUT2D eigenvalue weighted by atomic mass is 9.95. The summed E-state index contributed by atoms with van der Waals surface area (Å²) in [4.78, 5) is 0. The van der Waals surface area contributed by atoms with Crippen molar-refractivity contribution >= 4 is 0 Å². The molecule has 1 unspecified atom stereocenters. The fraction of sp³-hybridized carbons (Fsp3) is 0.750. The molecular formula is C8H16O2. The highest BCUT2D eigenvalue weighted by Crippen LogP contribution is 2.17. The molecule has 0 aromatic carbocycles. The number of hydrogen-bond acceptors (Lipinski definition) is 2. The summed E-state index contributed by atoms with van der Waals surface area (Å²) in [6.07, 6.45) is 0.610. The number of rotatable bonds is 4. The number of ether oxygens (including phenoxy) is 1. The zero-order valence-corrected chi connectivity index (χ0v) is 6.98. The van der Waals surface area contributed by atoms with Gasteiger partial charge in [0, 0.05) is 20.1 Å². The zero-order chi connectivity index (χ0) is 8.20. The molecule has 0 aromatic rings. The van der Waals surface area contributed by atoms with Crippen LogP contribution in [0, 0.1) is 0 Å². The largest absolute Gasteiger partial charge is 0.386 e. The van der Waals surface area contributed by atoms with Crippen LogP contribution in [0.3, 0.4) is 0 Å². The maximum atomic E-state index is 9.54. The maximum absolute atomic E-state index is 9.54. The SMILES string of the molecule is C=C(C)C(C)(O)CCOC. The van der Waals surface area contributed by atoms with E-state index >= 15 is 0 Å². The van der Waals surface area contributed by atoms with Crippen molar-refractivity contribution in [1.82, 2.24) is 0 Å². The third kappa shape index (κ3) is 2.99. The summed E-state index contributed by atoms with van der Waals surface area (Å²) < 4.78 is 4.83. The van der Waals surface area contributed by atoms with E-state index in [1.54, 1.807) is 14.0 Å². The van der Waals surface area contributed by atoms with Gasteiger partial charge < -0.3 is 9.84 Å². The van der Waals surface area contributed by atoms with Gasteiger partial charge in [0.1, 0.15) is 0 Å². The lowest BCUT2D eigenvalue weighted by Crippen LogP contribution is -2.26. The quantitative estimate of drug-likeness (QED) is 0.603. The van der Waals surface area contributed by atoms with Gasteiger partial charge in [-0.25, -0.2) is 0 Å². The van der Waals surface area contributed by atoms with Crippen LogP contribution in [-0.2, 0) is 4.74 Å². The van der Waals surface area contributed by atoms with Gasteiger partial charge in [-0.1, -0.05) is 6.58 Å². The highest BCUT2D eigenvalue weighted by molar-refractivity contribution is 5.06. The molecule has 0 heterocycles. The molecule has 1 N–H and O–H groups in total. The fourth-order valence-corrected chi connectivity index (χ4v) is 0.514. The van der Waals surface area contributed by atoms with Crippen molar-refractivity contribution in [3.8, 4) is 0 Å². The monoisotopic (exact) mass is 144 g/mol. The summed E-state index contributed by atoms with van der Waals surface area (Å²) in [5.41, 5.74) is 0.0141. The van der Waals surface area contributed by atoms with Crippen LogP contribution in [0.25, 0.3) is 0 Å². The highest BCUT2D eigenvalue weighted by atomic mass is 16.5. The molecule has 0 spiro atoms. The Labute approximate surface area is 62.5 Å². The van der Waals surface area contributed by atoms with Crippen LogP contribution in [0.4, 0.5) is 0 Å². The topological polar surface area (TPSA) is 29.5 Å². The van der Waals surface area contributed by atoms with E-state index in [4.69, 9.17) is 4.74 Å². The molecule has 0 aliphatic rings. The minimum absolute atomic E-state index is 0.569. The van der Waals surface area contributed by atoms with Gasteiger partial charge in [-0.15, -0.1) is 0 Å². The Balaban J connectivity index is 3.75. The van der Waals surface area contributed by atoms with Crippen molar-refractivity contribution in [2.45, 2.75) is 25.9 Å². The van der Waals surface area contributed by atoms with E-state index in [1.165, 1.54) is 0 Å². The summed E-state index contributed by atoms with van der Waals surface area (Å²) in [6.45, 7) is 7.80. The Morgan fingerprint density at radius 2 is 2.20 bits per heavy atom. The van der Waals surface area contributed by atoms with Gasteiger partial charge in [0.05, 0.1) is 5.60 Å². The molecule has 10 heavy (non-hydrogen) atoms. The summed E-state index contributed by atoms with van der Waals surface area (Å²) in [5, 5.41) is 9.54. The van der Waals surface area contributed by atoms with Crippen molar-refractivity contribution in [2.75, 3.05) is 13.7 Å². The molecule has 2 heteroatoms. The van der Waals surface area contributed by atoms with Gasteiger partial charge >= 0.3 is 0 Å². The minimum atomic E-state index is -0.768. The van der Waals surface area contributed by atoms with Gasteiger partial charge in [0.25, 0.3) is 0 Å². The maximum Gasteiger partial charge on any atom is 0.0845 e. The lowest BCUT2D eigenvalue weighted by molar-refractivity contribution is 0.0557. The molecule has 0 fully saturated rings. The van der Waals surface area contributed by atoms with Crippen LogP contribution < -0.4 is 0 Å². The van der Waals surface area contributed by atoms with Gasteiger partial charge in [0.2, 0.25) is 0 Å². The average molecular weight is 144 g/mol. The van der Waals surface area contributed by atoms with E-state index in [0.717, 1.165) is 5.57 Å². The predicted octanol–water partition coefficient (Wildman–Crippen LogP) is 1.35. The van der Waals surface area contributed by atoms with Crippen molar-refractivity contribution in [3.63, 3.8) is 0 Å². The van der Waals surface area contributed by atoms with Crippen LogP contribution in [0.5, 0.6) is 0 Å². The van der Waals surface area contributed by atoms with Crippen molar-refractivity contribution < 1.29 is 9.84 Å². The first kappa shape index (κ1) is 9.66. The van der Waals surface area contributed by atoms with E-state index in [1.807, 2.05) is 6.92 Å². The first-order valence-corrected chi connectivity index (χ1v) is 3.38. The summed E-state index contributed by atoms with van der Waals surface area (Å²) in [5.74, 6) is 0. The van der Waals surface area contributed by atoms with E-state index in [9.17, 15) is 5.11 Å². The Morgan fingerprint density at radius 3 is 2.50 bits per heavy atom. The second-order valence-electron chi connectivity index (χ2n) is 2.80. The second kappa shape index (κ2) is 3.74. The van der Waals surface area contributed by atoms with E-state index in [-0.39, 0.29) is 0 Å². The summed E-state index contributed by atoms with van der Waals surface area (Å²) >= 11 is 0. The Kier molecular flexibility index (Phi) is 3.61. The molecule has 0 saturated heterocycles. The van der Waals surface area contributed by atoms with Crippen LogP contribution in [0.15, 0.2) is 12.2 Å². The molecule has 1 atom stereocenters. The summed E-state index contributed by atoms with van der Waals surface area (Å²) in [7, 11) is 1.62. The molecule has 0 bridgehead atoms. The number of hydrogen-bond donors (Lipinski definition) is 1. The van der Waals surface area contributed by atoms with Crippen molar-refractivity contribution in [1.29, 1.82) is 0 Å². The molecular weight excluding hydrogens is 128 g/mol. The molecule has 0 aliphatic heterocycles. The second-order valence-corrected chi connectivity index (χ2v) is 2.80. The standard InChI is InChI=1S/C8H16O2/c1-7(2)8(3,9)5-6-10-4/h9H,1,5-6H2,2-4H3. The molecule has 0 amide bonds. The van der Waals surface area contributed by atoms with Gasteiger partial charge in [0.15, 0.2) is 0 Å². The predicted molar refractivity (Wildman–Crippen MR) is 41.9 cm³/mol. The molecule has 0 saturated carbocycles. The van der Waals surface area contributed by atoms with Crippen molar-refractivity contribution in [3.05, 3.63) is 12.2 Å². The minimum Gasteiger partial charge on any atom is -0.386 e. The molecule has 0 radical (unpaired) electrons. The van der Waals surface area contributed by atoms with Gasteiger partial charge in [-0.05, 0) is 19.4 Å². The van der Waals surface area contributed by atoms with E-state index < -0.39 is 5.60 Å². The lowest BCUT2D eigenvalue weighted by Gasteiger charge is -2.22. The third-order valence-corrected chi connectivity index (χ3v) is 1.71. The first-order chi connectivity index (χ1) is 4.50. The smallest absolute Gasteiger partial charge is 0.0845 e. The van der Waals surface area contributed by atoms with Crippen LogP contribution in [0.2, 0.25) is 0 Å². The number of methoxy groups -OCH3 is 1.